The van der Waals surface area contributed by atoms with Crippen LogP contribution in [0.25, 0.3) is 11.1 Å². The first kappa shape index (κ1) is 18.0. The number of hydrogen-bond donors (Lipinski definition) is 1. The van der Waals surface area contributed by atoms with Gasteiger partial charge in [0.05, 0.1) is 23.1 Å². The van der Waals surface area contributed by atoms with Gasteiger partial charge in [-0.3, -0.25) is 4.79 Å². The molecule has 1 saturated heterocycles. The Bertz CT molecular complexity index is 1030. The van der Waals surface area contributed by atoms with Gasteiger partial charge in [0.25, 0.3) is 5.91 Å². The minimum Gasteiger partial charge on any atom is -0.454 e. The lowest BCUT2D eigenvalue weighted by molar-refractivity contribution is 0.103. The van der Waals surface area contributed by atoms with Gasteiger partial charge in [0.2, 0.25) is 6.79 Å². The topological polar surface area (TPSA) is 60.0 Å². The van der Waals surface area contributed by atoms with Crippen molar-refractivity contribution in [3.05, 3.63) is 59.5 Å². The summed E-state index contributed by atoms with van der Waals surface area (Å²) in [5, 5.41) is 4.08. The highest BCUT2D eigenvalue weighted by molar-refractivity contribution is 7.18. The van der Waals surface area contributed by atoms with Gasteiger partial charge in [-0.2, -0.15) is 0 Å². The number of carbonyl (C=O) groups is 1. The molecule has 1 amide bonds. The Labute approximate surface area is 172 Å². The van der Waals surface area contributed by atoms with E-state index in [1.54, 1.807) is 12.1 Å². The van der Waals surface area contributed by atoms with Crippen LogP contribution in [0.15, 0.2) is 54.6 Å². The van der Waals surface area contributed by atoms with Gasteiger partial charge in [0.15, 0.2) is 11.5 Å². The van der Waals surface area contributed by atoms with E-state index in [9.17, 15) is 4.79 Å². The standard InChI is InChI=1S/C22H20N2O4S/c25-21(23-16-6-7-18-19(12-16)28-14-27-18)20-13-17(15-4-2-1-3-5-15)22(29-20)24-8-10-26-11-9-24/h1-7,12-13H,8-11,14H2,(H,23,25). The number of rotatable bonds is 4. The zero-order valence-electron chi connectivity index (χ0n) is 15.7. The molecule has 6 nitrogen and oxygen atoms in total. The molecule has 1 fully saturated rings. The summed E-state index contributed by atoms with van der Waals surface area (Å²) < 4.78 is 16.2. The van der Waals surface area contributed by atoms with Crippen molar-refractivity contribution in [2.45, 2.75) is 0 Å². The molecule has 148 valence electrons. The maximum absolute atomic E-state index is 13.0. The summed E-state index contributed by atoms with van der Waals surface area (Å²) >= 11 is 1.52. The third kappa shape index (κ3) is 3.66. The first-order chi connectivity index (χ1) is 14.3. The molecule has 3 heterocycles. The van der Waals surface area contributed by atoms with E-state index in [4.69, 9.17) is 14.2 Å². The summed E-state index contributed by atoms with van der Waals surface area (Å²) in [5.74, 6) is 1.21. The van der Waals surface area contributed by atoms with E-state index >= 15 is 0 Å². The van der Waals surface area contributed by atoms with Crippen molar-refractivity contribution in [3.8, 4) is 22.6 Å². The van der Waals surface area contributed by atoms with Crippen molar-refractivity contribution in [2.75, 3.05) is 43.3 Å². The Morgan fingerprint density at radius 3 is 2.59 bits per heavy atom. The Morgan fingerprint density at radius 1 is 0.966 bits per heavy atom. The van der Waals surface area contributed by atoms with Gasteiger partial charge in [0.1, 0.15) is 0 Å². The number of nitrogens with zero attached hydrogens (tertiary/aromatic N) is 1. The highest BCUT2D eigenvalue weighted by Gasteiger charge is 2.22. The summed E-state index contributed by atoms with van der Waals surface area (Å²) in [6.07, 6.45) is 0. The van der Waals surface area contributed by atoms with Gasteiger partial charge in [-0.15, -0.1) is 11.3 Å². The van der Waals surface area contributed by atoms with Gasteiger partial charge in [-0.1, -0.05) is 30.3 Å². The molecule has 2 aliphatic heterocycles. The normalized spacial score (nSPS) is 15.4. The zero-order valence-corrected chi connectivity index (χ0v) is 16.5. The number of amides is 1. The predicted molar refractivity (Wildman–Crippen MR) is 113 cm³/mol. The Kier molecular flexibility index (Phi) is 4.83. The van der Waals surface area contributed by atoms with E-state index in [0.717, 1.165) is 29.2 Å². The van der Waals surface area contributed by atoms with Crippen molar-refractivity contribution >= 4 is 27.9 Å². The molecule has 0 unspecified atom stereocenters. The van der Waals surface area contributed by atoms with Gasteiger partial charge < -0.3 is 24.4 Å². The molecule has 1 N–H and O–H groups in total. The van der Waals surface area contributed by atoms with Crippen LogP contribution in [0, 0.1) is 0 Å². The number of morpholine rings is 1. The fourth-order valence-electron chi connectivity index (χ4n) is 3.49. The fraction of sp³-hybridized carbons (Fsp3) is 0.227. The number of nitrogens with one attached hydrogen (secondary N) is 1. The van der Waals surface area contributed by atoms with Crippen LogP contribution in [0.5, 0.6) is 11.5 Å². The van der Waals surface area contributed by atoms with Crippen LogP contribution in [0.4, 0.5) is 10.7 Å². The van der Waals surface area contributed by atoms with E-state index in [2.05, 4.69) is 22.3 Å². The summed E-state index contributed by atoms with van der Waals surface area (Å²) in [6, 6.07) is 17.6. The number of benzene rings is 2. The van der Waals surface area contributed by atoms with E-state index in [1.165, 1.54) is 11.3 Å². The van der Waals surface area contributed by atoms with Crippen LogP contribution in [-0.2, 0) is 4.74 Å². The average molecular weight is 408 g/mol. The largest absolute Gasteiger partial charge is 0.454 e. The molecule has 1 aromatic heterocycles. The highest BCUT2D eigenvalue weighted by atomic mass is 32.1. The smallest absolute Gasteiger partial charge is 0.265 e. The lowest BCUT2D eigenvalue weighted by Gasteiger charge is -2.28. The van der Waals surface area contributed by atoms with Crippen LogP contribution < -0.4 is 19.7 Å². The van der Waals surface area contributed by atoms with Crippen molar-refractivity contribution < 1.29 is 19.0 Å². The van der Waals surface area contributed by atoms with Crippen LogP contribution in [0.3, 0.4) is 0 Å². The van der Waals surface area contributed by atoms with E-state index in [1.807, 2.05) is 30.3 Å². The second-order valence-corrected chi connectivity index (χ2v) is 7.85. The Hall–Kier alpha value is -3.03. The molecule has 0 aliphatic carbocycles. The predicted octanol–water partition coefficient (Wildman–Crippen LogP) is 4.23. The highest BCUT2D eigenvalue weighted by Crippen LogP contribution is 2.40. The van der Waals surface area contributed by atoms with Gasteiger partial charge in [0, 0.05) is 30.4 Å². The van der Waals surface area contributed by atoms with Crippen LogP contribution >= 0.6 is 11.3 Å². The first-order valence-electron chi connectivity index (χ1n) is 9.51. The molecule has 2 aromatic carbocycles. The number of hydrogen-bond acceptors (Lipinski definition) is 6. The van der Waals surface area contributed by atoms with Crippen LogP contribution in [0.2, 0.25) is 0 Å². The van der Waals surface area contributed by atoms with Crippen molar-refractivity contribution in [3.63, 3.8) is 0 Å². The van der Waals surface area contributed by atoms with E-state index < -0.39 is 0 Å². The zero-order chi connectivity index (χ0) is 19.6. The van der Waals surface area contributed by atoms with Crippen LogP contribution in [-0.4, -0.2) is 39.0 Å². The molecule has 29 heavy (non-hydrogen) atoms. The summed E-state index contributed by atoms with van der Waals surface area (Å²) in [4.78, 5) is 15.9. The molecule has 5 rings (SSSR count). The average Bonchev–Trinajstić information content (AvgIpc) is 3.42. The minimum absolute atomic E-state index is 0.134. The minimum atomic E-state index is -0.134. The van der Waals surface area contributed by atoms with Gasteiger partial charge >= 0.3 is 0 Å². The lowest BCUT2D eigenvalue weighted by atomic mass is 10.1. The molecule has 3 aromatic rings. The van der Waals surface area contributed by atoms with E-state index in [-0.39, 0.29) is 12.7 Å². The van der Waals surface area contributed by atoms with E-state index in [0.29, 0.717) is 35.3 Å². The molecule has 0 saturated carbocycles. The van der Waals surface area contributed by atoms with Crippen molar-refractivity contribution in [2.24, 2.45) is 0 Å². The quantitative estimate of drug-likeness (QED) is 0.700. The third-order valence-corrected chi connectivity index (χ3v) is 6.14. The maximum Gasteiger partial charge on any atom is 0.265 e. The monoisotopic (exact) mass is 408 g/mol. The molecule has 7 heteroatoms. The maximum atomic E-state index is 13.0. The summed E-state index contributed by atoms with van der Waals surface area (Å²) in [5.41, 5.74) is 2.86. The number of fused-ring (bicyclic) bond motifs is 1. The lowest BCUT2D eigenvalue weighted by Crippen LogP contribution is -2.35. The summed E-state index contributed by atoms with van der Waals surface area (Å²) in [7, 11) is 0. The second-order valence-electron chi connectivity index (χ2n) is 6.82. The number of carbonyl (C=O) groups excluding carboxylic acids is 1. The van der Waals surface area contributed by atoms with Crippen molar-refractivity contribution in [1.29, 1.82) is 0 Å². The number of anilines is 2. The second kappa shape index (κ2) is 7.77. The molecular weight excluding hydrogens is 388 g/mol. The number of thiophene rings is 1. The summed E-state index contributed by atoms with van der Waals surface area (Å²) in [6.45, 7) is 3.25. The molecule has 2 aliphatic rings. The molecule has 0 radical (unpaired) electrons. The Balaban J connectivity index is 1.45. The van der Waals surface area contributed by atoms with Gasteiger partial charge in [-0.05, 0) is 23.8 Å². The van der Waals surface area contributed by atoms with Crippen molar-refractivity contribution in [1.82, 2.24) is 0 Å². The fourth-order valence-corrected chi connectivity index (χ4v) is 4.61. The molecular formula is C22H20N2O4S. The third-order valence-electron chi connectivity index (χ3n) is 4.95. The Morgan fingerprint density at radius 2 is 1.76 bits per heavy atom. The van der Waals surface area contributed by atoms with Crippen LogP contribution in [0.1, 0.15) is 9.67 Å². The van der Waals surface area contributed by atoms with Gasteiger partial charge in [-0.25, -0.2) is 0 Å². The number of ether oxygens (including phenoxy) is 3. The molecule has 0 atom stereocenters. The first-order valence-corrected chi connectivity index (χ1v) is 10.3. The molecule has 0 spiro atoms. The molecule has 0 bridgehead atoms. The SMILES string of the molecule is O=C(Nc1ccc2c(c1)OCO2)c1cc(-c2ccccc2)c(N2CCOCC2)s1.